The van der Waals surface area contributed by atoms with Crippen molar-refractivity contribution in [3.05, 3.63) is 82.6 Å². The number of hydrogen-bond acceptors (Lipinski definition) is 7. The van der Waals surface area contributed by atoms with Gasteiger partial charge in [-0.25, -0.2) is 14.6 Å². The molecule has 0 radical (unpaired) electrons. The molecule has 11 heteroatoms. The van der Waals surface area contributed by atoms with Gasteiger partial charge in [0.15, 0.2) is 0 Å². The van der Waals surface area contributed by atoms with E-state index in [9.17, 15) is 18.4 Å². The van der Waals surface area contributed by atoms with Crippen LogP contribution in [-0.4, -0.2) is 66.7 Å². The highest BCUT2D eigenvalue weighted by Crippen LogP contribution is 2.29. The molecule has 2 aliphatic heterocycles. The molecule has 9 nitrogen and oxygen atoms in total. The van der Waals surface area contributed by atoms with E-state index in [-0.39, 0.29) is 36.8 Å². The quantitative estimate of drug-likeness (QED) is 0.276. The number of hydrogen-bond donors (Lipinski definition) is 4. The third kappa shape index (κ3) is 6.71. The van der Waals surface area contributed by atoms with Crippen LogP contribution in [0.5, 0.6) is 0 Å². The Balaban J connectivity index is 1.55. The number of carbonyl (C=O) groups excluding carboxylic acids is 2. The zero-order valence-electron chi connectivity index (χ0n) is 22.9. The van der Waals surface area contributed by atoms with Crippen molar-refractivity contribution in [1.29, 1.82) is 0 Å². The number of halogens is 2. The second-order valence-electron chi connectivity index (χ2n) is 10.5. The van der Waals surface area contributed by atoms with Crippen LogP contribution in [0.4, 0.5) is 8.78 Å². The molecule has 3 atom stereocenters. The van der Waals surface area contributed by atoms with Gasteiger partial charge in [-0.1, -0.05) is 56.3 Å². The third-order valence-electron chi connectivity index (χ3n) is 7.38. The van der Waals surface area contributed by atoms with E-state index in [1.807, 2.05) is 49.1 Å². The lowest BCUT2D eigenvalue weighted by atomic mass is 9.94. The number of morpholine rings is 1. The second kappa shape index (κ2) is 13.1. The highest BCUT2D eigenvalue weighted by atomic mass is 19.1. The van der Waals surface area contributed by atoms with Crippen LogP contribution >= 0.6 is 0 Å². The maximum absolute atomic E-state index is 14.9. The molecule has 0 spiro atoms. The average molecular weight is 557 g/mol. The number of likely N-dealkylation sites (tertiary alicyclic amines) is 1. The van der Waals surface area contributed by atoms with E-state index in [0.717, 1.165) is 5.56 Å². The molecule has 2 saturated heterocycles. The Kier molecular flexibility index (Phi) is 9.59. The standard InChI is InChI=1S/C29H38F2N6O3/c1-18(2)22-9-8-20(14-23(22)31)27(19-6-4-3-5-7-19)34-29(39)25-15-21(30)17-37(25)26(38)16-24(32)28(35-33)36-10-12-40-13-11-36/h3-9,14,18,21,25,27,35H,10-13,15-17,32-33H2,1-2H3,(H,34,39)/b28-24+/t21-,25+,27+/m1/s1. The van der Waals surface area contributed by atoms with Crippen molar-refractivity contribution >= 4 is 11.8 Å². The van der Waals surface area contributed by atoms with E-state index in [0.29, 0.717) is 43.3 Å². The highest BCUT2D eigenvalue weighted by molar-refractivity contribution is 5.89. The summed E-state index contributed by atoms with van der Waals surface area (Å²) < 4.78 is 34.9. The summed E-state index contributed by atoms with van der Waals surface area (Å²) in [5, 5.41) is 2.95. The fourth-order valence-electron chi connectivity index (χ4n) is 5.27. The lowest BCUT2D eigenvalue weighted by Crippen LogP contribution is -2.48. The van der Waals surface area contributed by atoms with Crippen LogP contribution in [0.2, 0.25) is 0 Å². The van der Waals surface area contributed by atoms with Gasteiger partial charge in [-0.3, -0.25) is 9.59 Å². The number of benzene rings is 2. The monoisotopic (exact) mass is 556 g/mol. The predicted octanol–water partition coefficient (Wildman–Crippen LogP) is 2.41. The number of nitrogens with one attached hydrogen (secondary N) is 2. The van der Waals surface area contributed by atoms with E-state index in [4.69, 9.17) is 16.3 Å². The Labute approximate surface area is 233 Å². The summed E-state index contributed by atoms with van der Waals surface area (Å²) in [6, 6.07) is 12.3. The molecule has 0 aromatic heterocycles. The summed E-state index contributed by atoms with van der Waals surface area (Å²) >= 11 is 0. The molecule has 2 heterocycles. The lowest BCUT2D eigenvalue weighted by molar-refractivity contribution is -0.138. The topological polar surface area (TPSA) is 126 Å². The van der Waals surface area contributed by atoms with Gasteiger partial charge in [0.05, 0.1) is 37.9 Å². The van der Waals surface area contributed by atoms with Crippen molar-refractivity contribution in [3.63, 3.8) is 0 Å². The largest absolute Gasteiger partial charge is 0.399 e. The maximum Gasteiger partial charge on any atom is 0.243 e. The molecule has 0 saturated carbocycles. The van der Waals surface area contributed by atoms with Crippen molar-refractivity contribution in [3.8, 4) is 0 Å². The lowest BCUT2D eigenvalue weighted by Gasteiger charge is -2.32. The molecule has 2 aromatic rings. The highest BCUT2D eigenvalue weighted by Gasteiger charge is 2.40. The van der Waals surface area contributed by atoms with Gasteiger partial charge >= 0.3 is 0 Å². The Morgan fingerprint density at radius 3 is 2.42 bits per heavy atom. The summed E-state index contributed by atoms with van der Waals surface area (Å²) in [7, 11) is 0. The zero-order valence-corrected chi connectivity index (χ0v) is 22.9. The Hall–Kier alpha value is -3.70. The number of carbonyl (C=O) groups is 2. The van der Waals surface area contributed by atoms with Gasteiger partial charge in [0.1, 0.15) is 23.9 Å². The number of nitrogens with zero attached hydrogens (tertiary/aromatic N) is 2. The first-order chi connectivity index (χ1) is 19.2. The van der Waals surface area contributed by atoms with Gasteiger partial charge in [-0.2, -0.15) is 0 Å². The molecule has 4 rings (SSSR count). The van der Waals surface area contributed by atoms with Gasteiger partial charge < -0.3 is 31.0 Å². The van der Waals surface area contributed by atoms with E-state index in [2.05, 4.69) is 10.7 Å². The summed E-state index contributed by atoms with van der Waals surface area (Å²) in [5.41, 5.74) is 10.8. The molecular formula is C29H38F2N6O3. The van der Waals surface area contributed by atoms with Crippen LogP contribution in [-0.2, 0) is 14.3 Å². The minimum Gasteiger partial charge on any atom is -0.399 e. The summed E-state index contributed by atoms with van der Waals surface area (Å²) in [5.74, 6) is 4.72. The number of ether oxygens (including phenoxy) is 1. The molecule has 216 valence electrons. The van der Waals surface area contributed by atoms with Crippen molar-refractivity contribution in [2.75, 3.05) is 32.8 Å². The molecular weight excluding hydrogens is 518 g/mol. The predicted molar refractivity (Wildman–Crippen MR) is 147 cm³/mol. The van der Waals surface area contributed by atoms with Crippen molar-refractivity contribution in [2.45, 2.75) is 50.9 Å². The van der Waals surface area contributed by atoms with Gasteiger partial charge in [-0.05, 0) is 28.7 Å². The minimum atomic E-state index is -1.37. The average Bonchev–Trinajstić information content (AvgIpc) is 3.35. The van der Waals surface area contributed by atoms with Crippen LogP contribution < -0.4 is 22.3 Å². The third-order valence-corrected chi connectivity index (χ3v) is 7.38. The minimum absolute atomic E-state index is 0.00178. The van der Waals surface area contributed by atoms with E-state index in [1.54, 1.807) is 12.1 Å². The number of hydrazine groups is 1. The first-order valence-corrected chi connectivity index (χ1v) is 13.6. The zero-order chi connectivity index (χ0) is 28.8. The van der Waals surface area contributed by atoms with Crippen LogP contribution in [0.25, 0.3) is 0 Å². The SMILES string of the molecule is CC(C)c1ccc([C@@H](NC(=O)[C@@H]2C[C@@H](F)CN2C(=O)C/C(N)=C(/NN)N2CCOCC2)c2ccccc2)cc1F. The summed E-state index contributed by atoms with van der Waals surface area (Å²) in [6.07, 6.45) is -1.75. The molecule has 40 heavy (non-hydrogen) atoms. The van der Waals surface area contributed by atoms with Crippen LogP contribution in [0.1, 0.15) is 55.3 Å². The molecule has 0 bridgehead atoms. The summed E-state index contributed by atoms with van der Waals surface area (Å²) in [6.45, 7) is 5.69. The first kappa shape index (κ1) is 29.3. The van der Waals surface area contributed by atoms with Gasteiger partial charge in [-0.15, -0.1) is 0 Å². The van der Waals surface area contributed by atoms with Crippen molar-refractivity contribution in [1.82, 2.24) is 20.5 Å². The Morgan fingerprint density at radius 1 is 1.10 bits per heavy atom. The van der Waals surface area contributed by atoms with Gasteiger partial charge in [0.25, 0.3) is 0 Å². The maximum atomic E-state index is 14.9. The number of amides is 2. The number of alkyl halides is 1. The smallest absolute Gasteiger partial charge is 0.243 e. The van der Waals surface area contributed by atoms with E-state index < -0.39 is 30.1 Å². The molecule has 2 aromatic carbocycles. The Bertz CT molecular complexity index is 1220. The van der Waals surface area contributed by atoms with Gasteiger partial charge in [0, 0.05) is 19.5 Å². The molecule has 2 amide bonds. The van der Waals surface area contributed by atoms with E-state index >= 15 is 0 Å². The number of rotatable bonds is 9. The van der Waals surface area contributed by atoms with Crippen molar-refractivity contribution < 1.29 is 23.1 Å². The van der Waals surface area contributed by atoms with E-state index in [1.165, 1.54) is 11.0 Å². The van der Waals surface area contributed by atoms with Gasteiger partial charge in [0.2, 0.25) is 11.8 Å². The molecule has 2 aliphatic rings. The van der Waals surface area contributed by atoms with Crippen LogP contribution in [0.3, 0.4) is 0 Å². The fourth-order valence-corrected chi connectivity index (χ4v) is 5.27. The normalized spacial score (nSPS) is 20.8. The second-order valence-corrected chi connectivity index (χ2v) is 10.5. The van der Waals surface area contributed by atoms with Crippen LogP contribution in [0.15, 0.2) is 60.0 Å². The van der Waals surface area contributed by atoms with Crippen LogP contribution in [0, 0.1) is 5.82 Å². The molecule has 0 aliphatic carbocycles. The molecule has 6 N–H and O–H groups in total. The molecule has 2 fully saturated rings. The molecule has 0 unspecified atom stereocenters. The summed E-state index contributed by atoms with van der Waals surface area (Å²) in [4.78, 5) is 30.0. The van der Waals surface area contributed by atoms with Crippen molar-refractivity contribution in [2.24, 2.45) is 11.6 Å². The first-order valence-electron chi connectivity index (χ1n) is 13.6. The number of nitrogens with two attached hydrogens (primary N) is 2. The Morgan fingerprint density at radius 2 is 1.80 bits per heavy atom. The fraction of sp³-hybridized carbons (Fsp3) is 0.448.